The summed E-state index contributed by atoms with van der Waals surface area (Å²) in [5.74, 6) is 0.260. The third-order valence-corrected chi connectivity index (χ3v) is 5.46. The van der Waals surface area contributed by atoms with E-state index >= 15 is 0 Å². The molecule has 2 aromatic rings. The lowest BCUT2D eigenvalue weighted by Crippen LogP contribution is -3.10. The zero-order chi connectivity index (χ0) is 15.8. The highest BCUT2D eigenvalue weighted by Gasteiger charge is 2.24. The number of hydrogen-bond acceptors (Lipinski definition) is 3. The Hall–Kier alpha value is -1.81. The monoisotopic (exact) mass is 314 g/mol. The van der Waals surface area contributed by atoms with Crippen molar-refractivity contribution in [3.05, 3.63) is 39.2 Å². The first kappa shape index (κ1) is 14.8. The number of aromatic hydroxyl groups is 1. The van der Waals surface area contributed by atoms with Gasteiger partial charge in [0.05, 0.1) is 18.7 Å². The summed E-state index contributed by atoms with van der Waals surface area (Å²) in [5.41, 5.74) is 3.21. The number of rotatable bonds is 2. The molecule has 122 valence electrons. The summed E-state index contributed by atoms with van der Waals surface area (Å²) in [6, 6.07) is 3.69. The van der Waals surface area contributed by atoms with Crippen molar-refractivity contribution < 1.29 is 14.4 Å². The van der Waals surface area contributed by atoms with Crippen molar-refractivity contribution in [2.24, 2.45) is 0 Å². The predicted molar refractivity (Wildman–Crippen MR) is 89.0 cm³/mol. The highest BCUT2D eigenvalue weighted by molar-refractivity contribution is 5.86. The Balaban J connectivity index is 1.80. The molecule has 1 aliphatic heterocycles. The van der Waals surface area contributed by atoms with Gasteiger partial charge in [0.25, 0.3) is 0 Å². The van der Waals surface area contributed by atoms with E-state index in [1.807, 2.05) is 6.07 Å². The Morgan fingerprint density at radius 2 is 1.74 bits per heavy atom. The topological polar surface area (TPSA) is 54.9 Å². The van der Waals surface area contributed by atoms with Crippen LogP contribution in [0.15, 0.2) is 21.3 Å². The fraction of sp³-hybridized carbons (Fsp3) is 0.526. The van der Waals surface area contributed by atoms with Crippen LogP contribution in [0.25, 0.3) is 11.0 Å². The lowest BCUT2D eigenvalue weighted by Gasteiger charge is -2.18. The number of likely N-dealkylation sites (tertiary alicyclic amines) is 1. The maximum Gasteiger partial charge on any atom is 0.339 e. The average Bonchev–Trinajstić information content (AvgIpc) is 2.90. The van der Waals surface area contributed by atoms with Gasteiger partial charge in [-0.1, -0.05) is 0 Å². The van der Waals surface area contributed by atoms with Crippen LogP contribution in [0.1, 0.15) is 48.8 Å². The van der Waals surface area contributed by atoms with E-state index in [0.717, 1.165) is 61.0 Å². The number of quaternary nitrogens is 1. The van der Waals surface area contributed by atoms with E-state index in [1.54, 1.807) is 6.07 Å². The van der Waals surface area contributed by atoms with Crippen molar-refractivity contribution in [3.63, 3.8) is 0 Å². The number of phenols is 1. The van der Waals surface area contributed by atoms with Crippen LogP contribution in [0.3, 0.4) is 0 Å². The van der Waals surface area contributed by atoms with Crippen LogP contribution < -0.4 is 10.5 Å². The third kappa shape index (κ3) is 2.65. The van der Waals surface area contributed by atoms with Crippen LogP contribution in [0.2, 0.25) is 0 Å². The quantitative estimate of drug-likeness (QED) is 0.833. The van der Waals surface area contributed by atoms with Crippen LogP contribution in [0.5, 0.6) is 5.75 Å². The number of fused-ring (bicyclic) bond motifs is 3. The summed E-state index contributed by atoms with van der Waals surface area (Å²) in [5, 5.41) is 11.4. The van der Waals surface area contributed by atoms with Crippen molar-refractivity contribution in [1.29, 1.82) is 0 Å². The van der Waals surface area contributed by atoms with Crippen LogP contribution in [0, 0.1) is 0 Å². The number of phenolic OH excluding ortho intramolecular Hbond substituents is 1. The number of nitrogens with one attached hydrogen (secondary N) is 1. The molecule has 23 heavy (non-hydrogen) atoms. The summed E-state index contributed by atoms with van der Waals surface area (Å²) in [6.07, 6.45) is 7.86. The Morgan fingerprint density at radius 3 is 2.52 bits per heavy atom. The van der Waals surface area contributed by atoms with Gasteiger partial charge in [0.15, 0.2) is 5.58 Å². The number of hydrogen-bond donors (Lipinski definition) is 2. The molecule has 0 bridgehead atoms. The predicted octanol–water partition coefficient (Wildman–Crippen LogP) is 1.95. The van der Waals surface area contributed by atoms with E-state index in [1.165, 1.54) is 30.6 Å². The SMILES string of the molecule is O=c1oc2c(C[NH+]3CCCCCC3)c(O)ccc2c2c1CCC2. The van der Waals surface area contributed by atoms with Gasteiger partial charge in [0, 0.05) is 10.9 Å². The van der Waals surface area contributed by atoms with Crippen molar-refractivity contribution in [1.82, 2.24) is 0 Å². The molecular formula is C19H24NO3+. The van der Waals surface area contributed by atoms with Crippen LogP contribution in [0.4, 0.5) is 0 Å². The maximum atomic E-state index is 12.3. The zero-order valence-corrected chi connectivity index (χ0v) is 13.5. The lowest BCUT2D eigenvalue weighted by atomic mass is 10.0. The second kappa shape index (κ2) is 6.00. The maximum absolute atomic E-state index is 12.3. The minimum Gasteiger partial charge on any atom is -0.507 e. The van der Waals surface area contributed by atoms with E-state index in [9.17, 15) is 9.90 Å². The summed E-state index contributed by atoms with van der Waals surface area (Å²) in [6.45, 7) is 3.00. The largest absolute Gasteiger partial charge is 0.507 e. The molecule has 0 atom stereocenters. The Morgan fingerprint density at radius 1 is 1.00 bits per heavy atom. The highest BCUT2D eigenvalue weighted by atomic mass is 16.4. The van der Waals surface area contributed by atoms with Gasteiger partial charge in [-0.15, -0.1) is 0 Å². The van der Waals surface area contributed by atoms with Gasteiger partial charge < -0.3 is 14.4 Å². The molecule has 2 aliphatic rings. The minimum absolute atomic E-state index is 0.206. The van der Waals surface area contributed by atoms with Gasteiger partial charge in [-0.05, 0) is 62.6 Å². The molecule has 4 nitrogen and oxygen atoms in total. The van der Waals surface area contributed by atoms with Crippen molar-refractivity contribution >= 4 is 11.0 Å². The highest BCUT2D eigenvalue weighted by Crippen LogP contribution is 2.32. The Bertz CT molecular complexity index is 785. The van der Waals surface area contributed by atoms with Crippen LogP contribution in [-0.4, -0.2) is 18.2 Å². The molecule has 2 heterocycles. The van der Waals surface area contributed by atoms with Crippen LogP contribution in [-0.2, 0) is 19.4 Å². The molecule has 1 aromatic carbocycles. The average molecular weight is 314 g/mol. The number of aryl methyl sites for hydroxylation is 1. The van der Waals surface area contributed by atoms with E-state index in [2.05, 4.69) is 0 Å². The van der Waals surface area contributed by atoms with Gasteiger partial charge in [-0.25, -0.2) is 4.79 Å². The fourth-order valence-electron chi connectivity index (χ4n) is 4.22. The van der Waals surface area contributed by atoms with Gasteiger partial charge in [-0.3, -0.25) is 0 Å². The van der Waals surface area contributed by atoms with Gasteiger partial charge in [-0.2, -0.15) is 0 Å². The Labute approximate surface area is 135 Å². The second-order valence-electron chi connectivity index (χ2n) is 6.98. The van der Waals surface area contributed by atoms with Gasteiger partial charge >= 0.3 is 5.63 Å². The molecule has 0 saturated carbocycles. The van der Waals surface area contributed by atoms with Gasteiger partial charge in [0.2, 0.25) is 0 Å². The first-order valence-corrected chi connectivity index (χ1v) is 8.87. The lowest BCUT2D eigenvalue weighted by molar-refractivity contribution is -0.913. The molecule has 1 fully saturated rings. The molecule has 1 aromatic heterocycles. The van der Waals surface area contributed by atoms with Crippen molar-refractivity contribution in [2.45, 2.75) is 51.5 Å². The van der Waals surface area contributed by atoms with Gasteiger partial charge in [0.1, 0.15) is 12.3 Å². The minimum atomic E-state index is -0.206. The summed E-state index contributed by atoms with van der Waals surface area (Å²) in [7, 11) is 0. The van der Waals surface area contributed by atoms with E-state index in [4.69, 9.17) is 4.42 Å². The molecule has 1 saturated heterocycles. The molecule has 1 aliphatic carbocycles. The molecule has 0 amide bonds. The zero-order valence-electron chi connectivity index (χ0n) is 13.5. The van der Waals surface area contributed by atoms with Crippen LogP contribution >= 0.6 is 0 Å². The molecule has 2 N–H and O–H groups in total. The molecule has 0 spiro atoms. The molecule has 0 radical (unpaired) electrons. The molecule has 4 rings (SSSR count). The van der Waals surface area contributed by atoms with E-state index in [-0.39, 0.29) is 11.4 Å². The second-order valence-corrected chi connectivity index (χ2v) is 6.98. The Kier molecular flexibility index (Phi) is 3.85. The first-order chi connectivity index (χ1) is 11.2. The molecule has 0 unspecified atom stereocenters. The van der Waals surface area contributed by atoms with E-state index < -0.39 is 0 Å². The molecular weight excluding hydrogens is 290 g/mol. The molecule has 4 heteroatoms. The van der Waals surface area contributed by atoms with Crippen molar-refractivity contribution in [2.75, 3.05) is 13.1 Å². The van der Waals surface area contributed by atoms with E-state index in [0.29, 0.717) is 5.58 Å². The number of benzene rings is 1. The standard InChI is InChI=1S/C19H23NO3/c21-17-9-8-14-13-6-5-7-15(13)19(22)23-18(14)16(17)12-20-10-3-1-2-4-11-20/h8-9,21H,1-7,10-12H2/p+1. The normalized spacial score (nSPS) is 19.0. The summed E-state index contributed by atoms with van der Waals surface area (Å²) < 4.78 is 5.66. The fourth-order valence-corrected chi connectivity index (χ4v) is 4.22. The summed E-state index contributed by atoms with van der Waals surface area (Å²) >= 11 is 0. The first-order valence-electron chi connectivity index (χ1n) is 8.87. The third-order valence-electron chi connectivity index (χ3n) is 5.46. The van der Waals surface area contributed by atoms with Crippen molar-refractivity contribution in [3.8, 4) is 5.75 Å². The summed E-state index contributed by atoms with van der Waals surface area (Å²) in [4.78, 5) is 13.8. The smallest absolute Gasteiger partial charge is 0.339 e.